The third-order valence-electron chi connectivity index (χ3n) is 4.12. The zero-order chi connectivity index (χ0) is 16.7. The molecule has 23 heavy (non-hydrogen) atoms. The van der Waals surface area contributed by atoms with Gasteiger partial charge in [0.25, 0.3) is 5.91 Å². The lowest BCUT2D eigenvalue weighted by Crippen LogP contribution is -2.14. The standard InChI is InChI=1S/C18H16ClN3O/c1-9-4-3-5-13(10(9)2)15-16(20)14(18(21)23)7-11-6-12(19)8-22-17(11)15/h3-8H,20H2,1-2H3,(H2,21,23). The molecule has 0 atom stereocenters. The van der Waals surface area contributed by atoms with Crippen LogP contribution in [0, 0.1) is 13.8 Å². The SMILES string of the molecule is Cc1cccc(-c2c(N)c(C(N)=O)cc3cc(Cl)cnc23)c1C. The minimum atomic E-state index is -0.573. The molecule has 0 saturated carbocycles. The van der Waals surface area contributed by atoms with E-state index in [0.717, 1.165) is 22.1 Å². The van der Waals surface area contributed by atoms with E-state index < -0.39 is 5.91 Å². The fourth-order valence-electron chi connectivity index (χ4n) is 2.77. The second-order valence-electron chi connectivity index (χ2n) is 5.55. The number of aryl methyl sites for hydroxylation is 1. The molecule has 3 rings (SSSR count). The Hall–Kier alpha value is -2.59. The van der Waals surface area contributed by atoms with Gasteiger partial charge in [0.15, 0.2) is 0 Å². The highest BCUT2D eigenvalue weighted by atomic mass is 35.5. The van der Waals surface area contributed by atoms with Crippen LogP contribution in [-0.4, -0.2) is 10.9 Å². The molecule has 3 aromatic rings. The van der Waals surface area contributed by atoms with Crippen molar-refractivity contribution in [2.24, 2.45) is 5.73 Å². The smallest absolute Gasteiger partial charge is 0.250 e. The first-order chi connectivity index (χ1) is 10.9. The minimum absolute atomic E-state index is 0.275. The van der Waals surface area contributed by atoms with Gasteiger partial charge in [0, 0.05) is 17.1 Å². The molecule has 1 amide bonds. The lowest BCUT2D eigenvalue weighted by atomic mass is 9.91. The number of nitrogens with zero attached hydrogens (tertiary/aromatic N) is 1. The molecule has 0 radical (unpaired) electrons. The van der Waals surface area contributed by atoms with E-state index in [0.29, 0.717) is 21.8 Å². The Kier molecular flexibility index (Phi) is 3.70. The molecule has 1 heterocycles. The van der Waals surface area contributed by atoms with Crippen molar-refractivity contribution < 1.29 is 4.79 Å². The van der Waals surface area contributed by atoms with Gasteiger partial charge in [-0.1, -0.05) is 29.8 Å². The Labute approximate surface area is 139 Å². The maximum Gasteiger partial charge on any atom is 0.250 e. The summed E-state index contributed by atoms with van der Waals surface area (Å²) in [5, 5.41) is 1.22. The maximum atomic E-state index is 11.8. The molecule has 0 spiro atoms. The molecule has 0 saturated heterocycles. The topological polar surface area (TPSA) is 82.0 Å². The van der Waals surface area contributed by atoms with Crippen molar-refractivity contribution in [1.82, 2.24) is 4.98 Å². The van der Waals surface area contributed by atoms with Crippen LogP contribution in [0.15, 0.2) is 36.5 Å². The molecular weight excluding hydrogens is 310 g/mol. The number of nitrogen functional groups attached to an aromatic ring is 1. The van der Waals surface area contributed by atoms with Gasteiger partial charge < -0.3 is 11.5 Å². The predicted octanol–water partition coefficient (Wildman–Crippen LogP) is 3.85. The lowest BCUT2D eigenvalue weighted by molar-refractivity contribution is 0.100. The van der Waals surface area contributed by atoms with Crippen LogP contribution in [0.3, 0.4) is 0 Å². The number of hydrogen-bond donors (Lipinski definition) is 2. The van der Waals surface area contributed by atoms with Crippen molar-refractivity contribution in [3.8, 4) is 11.1 Å². The molecule has 0 aliphatic heterocycles. The van der Waals surface area contributed by atoms with Crippen molar-refractivity contribution in [2.75, 3.05) is 5.73 Å². The van der Waals surface area contributed by atoms with E-state index in [-0.39, 0.29) is 5.56 Å². The highest BCUT2D eigenvalue weighted by molar-refractivity contribution is 6.31. The first-order valence-electron chi connectivity index (χ1n) is 7.14. The highest BCUT2D eigenvalue weighted by Crippen LogP contribution is 2.38. The summed E-state index contributed by atoms with van der Waals surface area (Å²) in [7, 11) is 0. The Morgan fingerprint density at radius 3 is 2.65 bits per heavy atom. The van der Waals surface area contributed by atoms with Crippen LogP contribution in [0.1, 0.15) is 21.5 Å². The summed E-state index contributed by atoms with van der Waals surface area (Å²) in [4.78, 5) is 16.2. The average molecular weight is 326 g/mol. The highest BCUT2D eigenvalue weighted by Gasteiger charge is 2.18. The van der Waals surface area contributed by atoms with E-state index in [2.05, 4.69) is 4.98 Å². The van der Waals surface area contributed by atoms with E-state index in [1.54, 1.807) is 18.3 Å². The van der Waals surface area contributed by atoms with Crippen LogP contribution >= 0.6 is 11.6 Å². The van der Waals surface area contributed by atoms with Gasteiger partial charge in [0.1, 0.15) is 0 Å². The summed E-state index contributed by atoms with van der Waals surface area (Å²) in [5.41, 5.74) is 16.9. The van der Waals surface area contributed by atoms with E-state index in [4.69, 9.17) is 23.1 Å². The lowest BCUT2D eigenvalue weighted by Gasteiger charge is -2.16. The third-order valence-corrected chi connectivity index (χ3v) is 4.33. The second kappa shape index (κ2) is 5.56. The first-order valence-corrected chi connectivity index (χ1v) is 7.52. The van der Waals surface area contributed by atoms with Crippen molar-refractivity contribution in [2.45, 2.75) is 13.8 Å². The molecule has 5 heteroatoms. The largest absolute Gasteiger partial charge is 0.398 e. The van der Waals surface area contributed by atoms with E-state index in [9.17, 15) is 4.79 Å². The molecule has 1 aromatic heterocycles. The van der Waals surface area contributed by atoms with Crippen molar-refractivity contribution >= 4 is 34.1 Å². The van der Waals surface area contributed by atoms with Crippen LogP contribution in [0.25, 0.3) is 22.0 Å². The van der Waals surface area contributed by atoms with Crippen LogP contribution in [0.4, 0.5) is 5.69 Å². The third kappa shape index (κ3) is 2.51. The van der Waals surface area contributed by atoms with E-state index in [1.165, 1.54) is 0 Å². The van der Waals surface area contributed by atoms with Crippen LogP contribution < -0.4 is 11.5 Å². The van der Waals surface area contributed by atoms with Crippen molar-refractivity contribution in [1.29, 1.82) is 0 Å². The van der Waals surface area contributed by atoms with Crippen LogP contribution in [-0.2, 0) is 0 Å². The Morgan fingerprint density at radius 1 is 1.22 bits per heavy atom. The average Bonchev–Trinajstić information content (AvgIpc) is 2.50. The van der Waals surface area contributed by atoms with Gasteiger partial charge in [-0.05, 0) is 42.7 Å². The van der Waals surface area contributed by atoms with Crippen LogP contribution in [0.5, 0.6) is 0 Å². The Bertz CT molecular complexity index is 951. The second-order valence-corrected chi connectivity index (χ2v) is 5.99. The van der Waals surface area contributed by atoms with Gasteiger partial charge in [-0.25, -0.2) is 0 Å². The number of anilines is 1. The number of aromatic nitrogens is 1. The first kappa shape index (κ1) is 15.3. The quantitative estimate of drug-likeness (QED) is 0.702. The van der Waals surface area contributed by atoms with Crippen molar-refractivity contribution in [3.63, 3.8) is 0 Å². The Morgan fingerprint density at radius 2 is 1.96 bits per heavy atom. The summed E-state index contributed by atoms with van der Waals surface area (Å²) in [6, 6.07) is 9.34. The van der Waals surface area contributed by atoms with E-state index in [1.807, 2.05) is 32.0 Å². The van der Waals surface area contributed by atoms with Gasteiger partial charge in [-0.2, -0.15) is 0 Å². The number of carbonyl (C=O) groups excluding carboxylic acids is 1. The number of halogens is 1. The van der Waals surface area contributed by atoms with Gasteiger partial charge in [-0.15, -0.1) is 0 Å². The van der Waals surface area contributed by atoms with Crippen LogP contribution in [0.2, 0.25) is 5.02 Å². The zero-order valence-electron chi connectivity index (χ0n) is 12.9. The monoisotopic (exact) mass is 325 g/mol. The molecule has 2 aromatic carbocycles. The van der Waals surface area contributed by atoms with Gasteiger partial charge in [-0.3, -0.25) is 9.78 Å². The summed E-state index contributed by atoms with van der Waals surface area (Å²) >= 11 is 6.04. The summed E-state index contributed by atoms with van der Waals surface area (Å²) in [6.45, 7) is 4.04. The molecule has 0 fully saturated rings. The zero-order valence-corrected chi connectivity index (χ0v) is 13.6. The molecular formula is C18H16ClN3O. The number of fused-ring (bicyclic) bond motifs is 1. The fourth-order valence-corrected chi connectivity index (χ4v) is 2.93. The number of hydrogen-bond acceptors (Lipinski definition) is 3. The maximum absolute atomic E-state index is 11.8. The number of benzene rings is 2. The van der Waals surface area contributed by atoms with Gasteiger partial charge in [0.05, 0.1) is 21.8 Å². The predicted molar refractivity (Wildman–Crippen MR) is 94.6 cm³/mol. The molecule has 0 unspecified atom stereocenters. The van der Waals surface area contributed by atoms with Crippen molar-refractivity contribution in [3.05, 3.63) is 58.2 Å². The number of primary amides is 1. The number of pyridine rings is 1. The molecule has 0 bridgehead atoms. The van der Waals surface area contributed by atoms with E-state index >= 15 is 0 Å². The molecule has 4 nitrogen and oxygen atoms in total. The van der Waals surface area contributed by atoms with Gasteiger partial charge >= 0.3 is 0 Å². The fraction of sp³-hybridized carbons (Fsp3) is 0.111. The minimum Gasteiger partial charge on any atom is -0.398 e. The number of rotatable bonds is 2. The van der Waals surface area contributed by atoms with Gasteiger partial charge in [0.2, 0.25) is 0 Å². The molecule has 4 N–H and O–H groups in total. The number of amides is 1. The number of carbonyl (C=O) groups is 1. The normalized spacial score (nSPS) is 10.9. The number of nitrogens with two attached hydrogens (primary N) is 2. The molecule has 116 valence electrons. The summed E-state index contributed by atoms with van der Waals surface area (Å²) in [6.07, 6.45) is 1.57. The summed E-state index contributed by atoms with van der Waals surface area (Å²) in [5.74, 6) is -0.573. The molecule has 0 aliphatic carbocycles. The molecule has 0 aliphatic rings. The Balaban J connectivity index is 2.49. The summed E-state index contributed by atoms with van der Waals surface area (Å²) < 4.78 is 0.